The zero-order valence-corrected chi connectivity index (χ0v) is 9.21. The highest BCUT2D eigenvalue weighted by Gasteiger charge is 2.14. The van der Waals surface area contributed by atoms with Crippen LogP contribution < -0.4 is 5.73 Å². The number of nitrogens with two attached hydrogens (primary N) is 1. The number of benzene rings is 1. The topological polar surface area (TPSA) is 35.2 Å². The first-order valence-corrected chi connectivity index (χ1v) is 5.02. The van der Waals surface area contributed by atoms with E-state index in [-0.39, 0.29) is 5.60 Å². The van der Waals surface area contributed by atoms with Crippen molar-refractivity contribution in [3.05, 3.63) is 29.8 Å². The van der Waals surface area contributed by atoms with Crippen molar-refractivity contribution >= 4 is 5.69 Å². The van der Waals surface area contributed by atoms with Gasteiger partial charge in [0.2, 0.25) is 0 Å². The summed E-state index contributed by atoms with van der Waals surface area (Å²) in [6.45, 7) is 6.98. The van der Waals surface area contributed by atoms with Crippen LogP contribution in [0.15, 0.2) is 24.3 Å². The lowest BCUT2D eigenvalue weighted by Gasteiger charge is -2.23. The van der Waals surface area contributed by atoms with Crippen molar-refractivity contribution in [1.29, 1.82) is 0 Å². The fourth-order valence-electron chi connectivity index (χ4n) is 0.995. The Bertz CT molecular complexity index is 277. The Labute approximate surface area is 86.1 Å². The van der Waals surface area contributed by atoms with Gasteiger partial charge < -0.3 is 10.5 Å². The first-order valence-electron chi connectivity index (χ1n) is 5.02. The van der Waals surface area contributed by atoms with Crippen LogP contribution in [-0.2, 0) is 11.3 Å². The molecule has 0 atom stereocenters. The van der Waals surface area contributed by atoms with Crippen LogP contribution in [0.1, 0.15) is 32.8 Å². The van der Waals surface area contributed by atoms with Crippen molar-refractivity contribution in [2.24, 2.45) is 0 Å². The summed E-state index contributed by atoms with van der Waals surface area (Å²) < 4.78 is 5.76. The zero-order chi connectivity index (χ0) is 10.6. The van der Waals surface area contributed by atoms with Crippen molar-refractivity contribution < 1.29 is 4.74 Å². The van der Waals surface area contributed by atoms with E-state index in [1.165, 1.54) is 5.56 Å². The quantitative estimate of drug-likeness (QED) is 0.746. The van der Waals surface area contributed by atoms with E-state index in [4.69, 9.17) is 10.5 Å². The lowest BCUT2D eigenvalue weighted by atomic mass is 10.1. The maximum Gasteiger partial charge on any atom is 0.0724 e. The van der Waals surface area contributed by atoms with Crippen LogP contribution in [0.5, 0.6) is 0 Å². The third-order valence-electron chi connectivity index (χ3n) is 2.46. The van der Waals surface area contributed by atoms with E-state index in [2.05, 4.69) is 20.8 Å². The smallest absolute Gasteiger partial charge is 0.0724 e. The minimum atomic E-state index is -0.0403. The van der Waals surface area contributed by atoms with Gasteiger partial charge in [-0.2, -0.15) is 0 Å². The molecule has 0 fully saturated rings. The van der Waals surface area contributed by atoms with Crippen LogP contribution in [0.3, 0.4) is 0 Å². The predicted octanol–water partition coefficient (Wildman–Crippen LogP) is 2.97. The summed E-state index contributed by atoms with van der Waals surface area (Å²) in [4.78, 5) is 0. The zero-order valence-electron chi connectivity index (χ0n) is 9.21. The summed E-state index contributed by atoms with van der Waals surface area (Å²) in [5, 5.41) is 0. The van der Waals surface area contributed by atoms with E-state index in [9.17, 15) is 0 Å². The van der Waals surface area contributed by atoms with E-state index in [0.717, 1.165) is 12.1 Å². The normalized spacial score (nSPS) is 11.6. The molecule has 0 radical (unpaired) electrons. The number of hydrogen-bond donors (Lipinski definition) is 1. The Morgan fingerprint density at radius 2 is 1.79 bits per heavy atom. The summed E-state index contributed by atoms with van der Waals surface area (Å²) in [6, 6.07) is 7.80. The standard InChI is InChI=1S/C12H19NO/c1-4-12(2,3)14-9-10-5-7-11(13)8-6-10/h5-8H,4,9,13H2,1-3H3. The molecule has 0 spiro atoms. The van der Waals surface area contributed by atoms with Crippen LogP contribution in [0.2, 0.25) is 0 Å². The molecule has 1 aromatic rings. The SMILES string of the molecule is CCC(C)(C)OCc1ccc(N)cc1. The molecule has 0 amide bonds. The summed E-state index contributed by atoms with van der Waals surface area (Å²) >= 11 is 0. The predicted molar refractivity (Wildman–Crippen MR) is 60.0 cm³/mol. The maximum absolute atomic E-state index is 5.76. The Morgan fingerprint density at radius 3 is 2.29 bits per heavy atom. The van der Waals surface area contributed by atoms with Crippen LogP contribution in [0.4, 0.5) is 5.69 Å². The molecule has 0 aliphatic carbocycles. The molecule has 1 rings (SSSR count). The largest absolute Gasteiger partial charge is 0.399 e. The van der Waals surface area contributed by atoms with Gasteiger partial charge in [-0.05, 0) is 38.0 Å². The van der Waals surface area contributed by atoms with Crippen molar-refractivity contribution in [2.45, 2.75) is 39.4 Å². The molecule has 0 aliphatic heterocycles. The minimum Gasteiger partial charge on any atom is -0.399 e. The number of hydrogen-bond acceptors (Lipinski definition) is 2. The van der Waals surface area contributed by atoms with E-state index in [1.54, 1.807) is 0 Å². The van der Waals surface area contributed by atoms with E-state index in [0.29, 0.717) is 6.61 Å². The Morgan fingerprint density at radius 1 is 1.21 bits per heavy atom. The number of ether oxygens (including phenoxy) is 1. The third-order valence-corrected chi connectivity index (χ3v) is 2.46. The second-order valence-corrected chi connectivity index (χ2v) is 4.14. The summed E-state index contributed by atoms with van der Waals surface area (Å²) in [7, 11) is 0. The maximum atomic E-state index is 5.76. The van der Waals surface area contributed by atoms with Gasteiger partial charge in [-0.25, -0.2) is 0 Å². The molecule has 78 valence electrons. The highest BCUT2D eigenvalue weighted by atomic mass is 16.5. The van der Waals surface area contributed by atoms with Crippen LogP contribution >= 0.6 is 0 Å². The second-order valence-electron chi connectivity index (χ2n) is 4.14. The first kappa shape index (κ1) is 11.1. The van der Waals surface area contributed by atoms with Crippen LogP contribution in [0, 0.1) is 0 Å². The van der Waals surface area contributed by atoms with E-state index < -0.39 is 0 Å². The van der Waals surface area contributed by atoms with Crippen LogP contribution in [0.25, 0.3) is 0 Å². The molecule has 0 unspecified atom stereocenters. The molecular weight excluding hydrogens is 174 g/mol. The Hall–Kier alpha value is -1.02. The fraction of sp³-hybridized carbons (Fsp3) is 0.500. The molecule has 2 N–H and O–H groups in total. The van der Waals surface area contributed by atoms with Gasteiger partial charge in [0.25, 0.3) is 0 Å². The summed E-state index contributed by atoms with van der Waals surface area (Å²) in [5.41, 5.74) is 7.52. The lowest BCUT2D eigenvalue weighted by molar-refractivity contribution is -0.0316. The average Bonchev–Trinajstić information content (AvgIpc) is 2.17. The van der Waals surface area contributed by atoms with Gasteiger partial charge in [-0.1, -0.05) is 19.1 Å². The molecule has 0 saturated carbocycles. The number of anilines is 1. The molecule has 2 nitrogen and oxygen atoms in total. The summed E-state index contributed by atoms with van der Waals surface area (Å²) in [6.07, 6.45) is 1.02. The van der Waals surface area contributed by atoms with Crippen molar-refractivity contribution in [2.75, 3.05) is 5.73 Å². The molecule has 2 heteroatoms. The first-order chi connectivity index (χ1) is 6.53. The molecule has 0 bridgehead atoms. The van der Waals surface area contributed by atoms with Crippen molar-refractivity contribution in [3.63, 3.8) is 0 Å². The van der Waals surface area contributed by atoms with Crippen LogP contribution in [-0.4, -0.2) is 5.60 Å². The summed E-state index contributed by atoms with van der Waals surface area (Å²) in [5.74, 6) is 0. The monoisotopic (exact) mass is 193 g/mol. The lowest BCUT2D eigenvalue weighted by Crippen LogP contribution is -2.22. The van der Waals surface area contributed by atoms with Crippen molar-refractivity contribution in [3.8, 4) is 0 Å². The molecular formula is C12H19NO. The number of rotatable bonds is 4. The molecule has 0 heterocycles. The Kier molecular flexibility index (Phi) is 3.53. The van der Waals surface area contributed by atoms with Gasteiger partial charge in [0.15, 0.2) is 0 Å². The van der Waals surface area contributed by atoms with Gasteiger partial charge in [0.1, 0.15) is 0 Å². The van der Waals surface area contributed by atoms with Gasteiger partial charge >= 0.3 is 0 Å². The third kappa shape index (κ3) is 3.38. The second kappa shape index (κ2) is 4.47. The fourth-order valence-corrected chi connectivity index (χ4v) is 0.995. The van der Waals surface area contributed by atoms with Gasteiger partial charge in [-0.15, -0.1) is 0 Å². The molecule has 0 aliphatic rings. The Balaban J connectivity index is 2.50. The molecule has 0 aromatic heterocycles. The van der Waals surface area contributed by atoms with Gasteiger partial charge in [-0.3, -0.25) is 0 Å². The van der Waals surface area contributed by atoms with Gasteiger partial charge in [0, 0.05) is 5.69 Å². The highest BCUT2D eigenvalue weighted by Crippen LogP contribution is 2.16. The molecule has 0 saturated heterocycles. The molecule has 1 aromatic carbocycles. The minimum absolute atomic E-state index is 0.0403. The molecule has 14 heavy (non-hydrogen) atoms. The highest BCUT2D eigenvalue weighted by molar-refractivity contribution is 5.39. The van der Waals surface area contributed by atoms with Gasteiger partial charge in [0.05, 0.1) is 12.2 Å². The van der Waals surface area contributed by atoms with Crippen molar-refractivity contribution in [1.82, 2.24) is 0 Å². The average molecular weight is 193 g/mol. The number of nitrogen functional groups attached to an aromatic ring is 1. The van der Waals surface area contributed by atoms with E-state index >= 15 is 0 Å². The van der Waals surface area contributed by atoms with E-state index in [1.807, 2.05) is 24.3 Å².